The fraction of sp³-hybridized carbons (Fsp3) is 0.250. The molecule has 0 unspecified atom stereocenters. The van der Waals surface area contributed by atoms with Gasteiger partial charge in [-0.2, -0.15) is 0 Å². The lowest BCUT2D eigenvalue weighted by atomic mass is 9.98. The van der Waals surface area contributed by atoms with E-state index in [0.717, 1.165) is 22.1 Å². The lowest BCUT2D eigenvalue weighted by Crippen LogP contribution is -2.23. The van der Waals surface area contributed by atoms with Gasteiger partial charge in [-0.15, -0.1) is 0 Å². The lowest BCUT2D eigenvalue weighted by Gasteiger charge is -2.14. The maximum absolute atomic E-state index is 12.5. The van der Waals surface area contributed by atoms with E-state index in [1.54, 1.807) is 39.3 Å². The van der Waals surface area contributed by atoms with Gasteiger partial charge < -0.3 is 24.3 Å². The molecule has 3 rings (SSSR count). The second kappa shape index (κ2) is 9.84. The van der Waals surface area contributed by atoms with Crippen molar-refractivity contribution < 1.29 is 28.5 Å². The molecular weight excluding hydrogens is 398 g/mol. The van der Waals surface area contributed by atoms with Crippen molar-refractivity contribution in [2.24, 2.45) is 0 Å². The summed E-state index contributed by atoms with van der Waals surface area (Å²) in [5.41, 5.74) is 1.27. The van der Waals surface area contributed by atoms with Crippen LogP contribution in [0.2, 0.25) is 0 Å². The van der Waals surface area contributed by atoms with Gasteiger partial charge in [-0.25, -0.2) is 0 Å². The number of carbonyl (C=O) groups excluding carboxylic acids is 2. The van der Waals surface area contributed by atoms with E-state index in [9.17, 15) is 9.59 Å². The minimum atomic E-state index is -0.519. The molecule has 0 heterocycles. The first kappa shape index (κ1) is 22.0. The van der Waals surface area contributed by atoms with Crippen molar-refractivity contribution in [3.05, 3.63) is 60.2 Å². The molecule has 0 bridgehead atoms. The van der Waals surface area contributed by atoms with Gasteiger partial charge >= 0.3 is 5.97 Å². The van der Waals surface area contributed by atoms with Gasteiger partial charge in [0, 0.05) is 6.07 Å². The summed E-state index contributed by atoms with van der Waals surface area (Å²) >= 11 is 0. The highest BCUT2D eigenvalue weighted by molar-refractivity contribution is 5.95. The summed E-state index contributed by atoms with van der Waals surface area (Å²) in [6, 6.07) is 16.5. The van der Waals surface area contributed by atoms with Crippen molar-refractivity contribution in [3.63, 3.8) is 0 Å². The fourth-order valence-corrected chi connectivity index (χ4v) is 3.12. The summed E-state index contributed by atoms with van der Waals surface area (Å²) in [7, 11) is 4.65. The number of fused-ring (bicyclic) bond motifs is 1. The quantitative estimate of drug-likeness (QED) is 0.548. The van der Waals surface area contributed by atoms with E-state index in [0.29, 0.717) is 17.2 Å². The zero-order valence-electron chi connectivity index (χ0n) is 17.9. The SMILES string of the molecule is COc1ccc(NC(=O)COC(=O)[C@@H](C)c2ccc3cc(OC)ccc3c2)c(OC)c1. The highest BCUT2D eigenvalue weighted by Gasteiger charge is 2.19. The highest BCUT2D eigenvalue weighted by Crippen LogP contribution is 2.29. The molecule has 1 N–H and O–H groups in total. The van der Waals surface area contributed by atoms with E-state index in [1.165, 1.54) is 7.11 Å². The molecule has 0 saturated carbocycles. The van der Waals surface area contributed by atoms with Gasteiger partial charge in [0.15, 0.2) is 6.61 Å². The summed E-state index contributed by atoms with van der Waals surface area (Å²) < 4.78 is 20.8. The third-order valence-electron chi connectivity index (χ3n) is 4.95. The van der Waals surface area contributed by atoms with Crippen molar-refractivity contribution in [1.29, 1.82) is 0 Å². The number of rotatable bonds is 8. The van der Waals surface area contributed by atoms with Gasteiger partial charge in [-0.05, 0) is 47.5 Å². The number of esters is 1. The van der Waals surface area contributed by atoms with Crippen LogP contribution in [0.25, 0.3) is 10.8 Å². The molecule has 7 heteroatoms. The number of benzene rings is 3. The Bertz CT molecular complexity index is 1090. The molecule has 0 aliphatic carbocycles. The lowest BCUT2D eigenvalue weighted by molar-refractivity contribution is -0.148. The Kier molecular flexibility index (Phi) is 6.97. The van der Waals surface area contributed by atoms with Crippen molar-refractivity contribution >= 4 is 28.3 Å². The molecule has 0 saturated heterocycles. The van der Waals surface area contributed by atoms with Gasteiger partial charge in [0.2, 0.25) is 0 Å². The molecule has 0 spiro atoms. The van der Waals surface area contributed by atoms with Crippen LogP contribution in [-0.2, 0) is 14.3 Å². The summed E-state index contributed by atoms with van der Waals surface area (Å²) in [6.45, 7) is 1.35. The molecular formula is C24H25NO6. The van der Waals surface area contributed by atoms with Crippen LogP contribution in [0.15, 0.2) is 54.6 Å². The first-order valence-corrected chi connectivity index (χ1v) is 9.71. The van der Waals surface area contributed by atoms with Crippen molar-refractivity contribution in [3.8, 4) is 17.2 Å². The van der Waals surface area contributed by atoms with E-state index in [1.807, 2.05) is 36.4 Å². The van der Waals surface area contributed by atoms with Crippen LogP contribution in [0.3, 0.4) is 0 Å². The third kappa shape index (κ3) is 5.25. The normalized spacial score (nSPS) is 11.5. The largest absolute Gasteiger partial charge is 0.497 e. The molecule has 7 nitrogen and oxygen atoms in total. The Balaban J connectivity index is 1.61. The minimum Gasteiger partial charge on any atom is -0.497 e. The topological polar surface area (TPSA) is 83.1 Å². The zero-order valence-corrected chi connectivity index (χ0v) is 17.9. The van der Waals surface area contributed by atoms with Crippen LogP contribution in [0.4, 0.5) is 5.69 Å². The molecule has 0 aliphatic heterocycles. The Hall–Kier alpha value is -3.74. The predicted molar refractivity (Wildman–Crippen MR) is 118 cm³/mol. The first-order valence-electron chi connectivity index (χ1n) is 9.71. The summed E-state index contributed by atoms with van der Waals surface area (Å²) in [4.78, 5) is 24.7. The molecule has 1 atom stereocenters. The molecule has 0 fully saturated rings. The smallest absolute Gasteiger partial charge is 0.313 e. The average Bonchev–Trinajstić information content (AvgIpc) is 2.81. The zero-order chi connectivity index (χ0) is 22.4. The number of hydrogen-bond acceptors (Lipinski definition) is 6. The Morgan fingerprint density at radius 1 is 0.839 bits per heavy atom. The predicted octanol–water partition coefficient (Wildman–Crippen LogP) is 4.15. The Morgan fingerprint density at radius 3 is 2.19 bits per heavy atom. The van der Waals surface area contributed by atoms with Gasteiger partial charge in [0.25, 0.3) is 5.91 Å². The number of nitrogens with one attached hydrogen (secondary N) is 1. The Labute approximate surface area is 180 Å². The summed E-state index contributed by atoms with van der Waals surface area (Å²) in [6.07, 6.45) is 0. The molecule has 1 amide bonds. The van der Waals surface area contributed by atoms with E-state index < -0.39 is 24.4 Å². The molecule has 0 radical (unpaired) electrons. The van der Waals surface area contributed by atoms with E-state index in [2.05, 4.69) is 5.32 Å². The standard InChI is InChI=1S/C24H25NO6/c1-15(16-5-6-18-12-19(28-2)8-7-17(18)11-16)24(27)31-14-23(26)25-21-10-9-20(29-3)13-22(21)30-4/h5-13,15H,14H2,1-4H3,(H,25,26)/t15-/m0/s1. The highest BCUT2D eigenvalue weighted by atomic mass is 16.5. The Morgan fingerprint density at radius 2 is 1.48 bits per heavy atom. The number of amides is 1. The van der Waals surface area contributed by atoms with Crippen LogP contribution in [0.5, 0.6) is 17.2 Å². The van der Waals surface area contributed by atoms with Crippen LogP contribution < -0.4 is 19.5 Å². The first-order chi connectivity index (χ1) is 14.9. The van der Waals surface area contributed by atoms with Gasteiger partial charge in [0.05, 0.1) is 32.9 Å². The number of carbonyl (C=O) groups is 2. The molecule has 162 valence electrons. The monoisotopic (exact) mass is 423 g/mol. The molecule has 3 aromatic rings. The van der Waals surface area contributed by atoms with Crippen molar-refractivity contribution in [2.75, 3.05) is 33.3 Å². The van der Waals surface area contributed by atoms with Gasteiger partial charge in [0.1, 0.15) is 17.2 Å². The second-order valence-corrected chi connectivity index (χ2v) is 6.92. The minimum absolute atomic E-state index is 0.400. The number of ether oxygens (including phenoxy) is 4. The maximum Gasteiger partial charge on any atom is 0.313 e. The fourth-order valence-electron chi connectivity index (χ4n) is 3.12. The molecule has 31 heavy (non-hydrogen) atoms. The van der Waals surface area contributed by atoms with Crippen LogP contribution in [-0.4, -0.2) is 39.8 Å². The molecule has 3 aromatic carbocycles. The maximum atomic E-state index is 12.5. The number of anilines is 1. The summed E-state index contributed by atoms with van der Waals surface area (Å²) in [5.74, 6) is 0.352. The van der Waals surface area contributed by atoms with Crippen LogP contribution >= 0.6 is 0 Å². The van der Waals surface area contributed by atoms with Gasteiger partial charge in [-0.1, -0.05) is 24.3 Å². The number of methoxy groups -OCH3 is 3. The second-order valence-electron chi connectivity index (χ2n) is 6.92. The van der Waals surface area contributed by atoms with Crippen LogP contribution in [0, 0.1) is 0 Å². The van der Waals surface area contributed by atoms with E-state index >= 15 is 0 Å². The van der Waals surface area contributed by atoms with Gasteiger partial charge in [-0.3, -0.25) is 9.59 Å². The molecule has 0 aliphatic rings. The van der Waals surface area contributed by atoms with E-state index in [-0.39, 0.29) is 0 Å². The summed E-state index contributed by atoms with van der Waals surface area (Å²) in [5, 5.41) is 4.67. The van der Waals surface area contributed by atoms with Crippen molar-refractivity contribution in [1.82, 2.24) is 0 Å². The van der Waals surface area contributed by atoms with Crippen molar-refractivity contribution in [2.45, 2.75) is 12.8 Å². The number of hydrogen-bond donors (Lipinski definition) is 1. The van der Waals surface area contributed by atoms with E-state index in [4.69, 9.17) is 18.9 Å². The van der Waals surface area contributed by atoms with Crippen LogP contribution in [0.1, 0.15) is 18.4 Å². The molecule has 0 aromatic heterocycles. The average molecular weight is 423 g/mol. The third-order valence-corrected chi connectivity index (χ3v) is 4.95.